The fraction of sp³-hybridized carbons (Fsp3) is 0. The second-order valence-electron chi connectivity index (χ2n) is 6.86. The van der Waals surface area contributed by atoms with Gasteiger partial charge in [-0.3, -0.25) is 0 Å². The van der Waals surface area contributed by atoms with Crippen LogP contribution in [0.25, 0.3) is 46.4 Å². The summed E-state index contributed by atoms with van der Waals surface area (Å²) in [6.45, 7) is 0. The molecule has 151 valence electrons. The number of H-pyrrole nitrogens is 2. The van der Waals surface area contributed by atoms with Gasteiger partial charge in [0, 0.05) is 39.1 Å². The first-order valence-electron chi connectivity index (χ1n) is 9.62. The first kappa shape index (κ1) is 20.5. The van der Waals surface area contributed by atoms with E-state index in [1.54, 1.807) is 12.3 Å². The van der Waals surface area contributed by atoms with Crippen molar-refractivity contribution in [3.63, 3.8) is 0 Å². The molecule has 8 bridgehead atoms. The fourth-order valence-electron chi connectivity index (χ4n) is 3.22. The number of fused-ring (bicyclic) bond motifs is 8. The van der Waals surface area contributed by atoms with Crippen LogP contribution in [0.1, 0.15) is 22.8 Å². The maximum absolute atomic E-state index is 4.62. The molecule has 0 spiro atoms. The Morgan fingerprint density at radius 2 is 1.06 bits per heavy atom. The SMILES string of the molecule is C1=Cc2cc3ccc(cc4ccc(cc5nc(cc1n2)C=C5)[nH]4)[nH]3.[Mn].[c-]1ccccn1. The summed E-state index contributed by atoms with van der Waals surface area (Å²) >= 11 is 0. The van der Waals surface area contributed by atoms with Gasteiger partial charge in [0.1, 0.15) is 0 Å². The Morgan fingerprint density at radius 1 is 0.581 bits per heavy atom. The third-order valence-electron chi connectivity index (χ3n) is 4.56. The molecule has 31 heavy (non-hydrogen) atoms. The number of aromatic amines is 2. The Bertz CT molecular complexity index is 1280. The molecular weight excluding hydrogens is 425 g/mol. The van der Waals surface area contributed by atoms with Crippen molar-refractivity contribution in [1.82, 2.24) is 24.9 Å². The van der Waals surface area contributed by atoms with Gasteiger partial charge in [-0.05, 0) is 72.8 Å². The zero-order valence-electron chi connectivity index (χ0n) is 16.5. The van der Waals surface area contributed by atoms with Gasteiger partial charge in [-0.25, -0.2) is 9.97 Å². The molecule has 4 aromatic heterocycles. The molecule has 0 saturated carbocycles. The summed E-state index contributed by atoms with van der Waals surface area (Å²) in [6.07, 6.45) is 12.4. The molecule has 0 saturated heterocycles. The van der Waals surface area contributed by atoms with E-state index >= 15 is 0 Å². The Labute approximate surface area is 190 Å². The largest absolute Gasteiger partial charge is 0.394 e. The van der Waals surface area contributed by atoms with Gasteiger partial charge in [0.15, 0.2) is 0 Å². The molecule has 5 nitrogen and oxygen atoms in total. The van der Waals surface area contributed by atoms with E-state index in [0.29, 0.717) is 0 Å². The molecule has 2 aliphatic heterocycles. The van der Waals surface area contributed by atoms with Crippen LogP contribution in [0.15, 0.2) is 72.9 Å². The smallest absolute Gasteiger partial charge is 0.0659 e. The van der Waals surface area contributed by atoms with E-state index < -0.39 is 0 Å². The normalized spacial score (nSPS) is 11.4. The average molecular weight is 443 g/mol. The van der Waals surface area contributed by atoms with E-state index in [1.165, 1.54) is 0 Å². The molecule has 6 heterocycles. The van der Waals surface area contributed by atoms with Crippen LogP contribution in [-0.2, 0) is 17.1 Å². The van der Waals surface area contributed by atoms with Crippen molar-refractivity contribution in [2.24, 2.45) is 0 Å². The summed E-state index contributed by atoms with van der Waals surface area (Å²) < 4.78 is 0. The van der Waals surface area contributed by atoms with E-state index in [9.17, 15) is 0 Å². The second-order valence-corrected chi connectivity index (χ2v) is 6.86. The standard InChI is InChI=1S/C20H14N4.C5H4N.Mn/c1-2-14-10-16-5-6-18(23-16)12-20-8-7-19(24-20)11-17-4-3-15(22-17)9-13(1)21-14;1-2-4-6-5-3-1;/h1-12,21-22H;1-4H;/q;-1;. The Hall–Kier alpha value is -3.73. The molecule has 6 heteroatoms. The molecule has 4 aromatic rings. The molecule has 2 N–H and O–H groups in total. The van der Waals surface area contributed by atoms with Crippen molar-refractivity contribution in [3.05, 3.63) is 102 Å². The van der Waals surface area contributed by atoms with Crippen LogP contribution in [0.2, 0.25) is 0 Å². The maximum Gasteiger partial charge on any atom is 0.0659 e. The minimum atomic E-state index is 0. The molecule has 0 atom stereocenters. The quantitative estimate of drug-likeness (QED) is 0.239. The predicted molar refractivity (Wildman–Crippen MR) is 122 cm³/mol. The van der Waals surface area contributed by atoms with Crippen molar-refractivity contribution in [1.29, 1.82) is 0 Å². The Morgan fingerprint density at radius 3 is 1.45 bits per heavy atom. The van der Waals surface area contributed by atoms with Gasteiger partial charge in [0.05, 0.1) is 22.8 Å². The topological polar surface area (TPSA) is 70.2 Å². The van der Waals surface area contributed by atoms with E-state index in [-0.39, 0.29) is 17.1 Å². The van der Waals surface area contributed by atoms with E-state index in [2.05, 4.69) is 61.4 Å². The summed E-state index contributed by atoms with van der Waals surface area (Å²) in [5.74, 6) is 0. The molecule has 0 amide bonds. The van der Waals surface area contributed by atoms with Crippen molar-refractivity contribution >= 4 is 46.4 Å². The summed E-state index contributed by atoms with van der Waals surface area (Å²) in [7, 11) is 0. The van der Waals surface area contributed by atoms with Crippen LogP contribution in [0, 0.1) is 6.20 Å². The van der Waals surface area contributed by atoms with Gasteiger partial charge in [-0.2, -0.15) is 18.2 Å². The monoisotopic (exact) mass is 443 g/mol. The van der Waals surface area contributed by atoms with Crippen molar-refractivity contribution < 1.29 is 17.1 Å². The number of pyridine rings is 1. The molecule has 0 unspecified atom stereocenters. The number of nitrogens with zero attached hydrogens (tertiary/aromatic N) is 3. The maximum atomic E-state index is 4.62. The van der Waals surface area contributed by atoms with Crippen LogP contribution in [0.5, 0.6) is 0 Å². The number of hydrogen-bond donors (Lipinski definition) is 2. The molecule has 2 aliphatic rings. The number of nitrogens with one attached hydrogen (secondary N) is 2. The van der Waals surface area contributed by atoms with Gasteiger partial charge in [-0.1, -0.05) is 12.4 Å². The third kappa shape index (κ3) is 5.25. The van der Waals surface area contributed by atoms with Crippen LogP contribution in [-0.4, -0.2) is 24.9 Å². The summed E-state index contributed by atoms with van der Waals surface area (Å²) in [4.78, 5) is 19.7. The van der Waals surface area contributed by atoms with Crippen molar-refractivity contribution in [2.75, 3.05) is 0 Å². The summed E-state index contributed by atoms with van der Waals surface area (Å²) in [5, 5.41) is 0. The molecule has 0 aliphatic carbocycles. The number of aromatic nitrogens is 5. The predicted octanol–water partition coefficient (Wildman–Crippen LogP) is 5.53. The first-order chi connectivity index (χ1) is 14.8. The van der Waals surface area contributed by atoms with E-state index in [0.717, 1.165) is 44.8 Å². The van der Waals surface area contributed by atoms with Crippen LogP contribution < -0.4 is 0 Å². The van der Waals surface area contributed by atoms with Crippen LogP contribution in [0.4, 0.5) is 0 Å². The van der Waals surface area contributed by atoms with Gasteiger partial charge >= 0.3 is 0 Å². The molecule has 1 radical (unpaired) electrons. The van der Waals surface area contributed by atoms with E-state index in [1.807, 2.05) is 54.6 Å². The molecule has 6 rings (SSSR count). The molecule has 0 aromatic carbocycles. The Kier molecular flexibility index (Phi) is 6.22. The zero-order valence-corrected chi connectivity index (χ0v) is 17.6. The van der Waals surface area contributed by atoms with Gasteiger partial charge in [0.25, 0.3) is 0 Å². The molecule has 0 fully saturated rings. The number of hydrogen-bond acceptors (Lipinski definition) is 3. The number of rotatable bonds is 0. The van der Waals surface area contributed by atoms with Crippen molar-refractivity contribution in [3.8, 4) is 0 Å². The average Bonchev–Trinajstić information content (AvgIpc) is 3.56. The van der Waals surface area contributed by atoms with Crippen molar-refractivity contribution in [2.45, 2.75) is 0 Å². The van der Waals surface area contributed by atoms with Crippen LogP contribution in [0.3, 0.4) is 0 Å². The van der Waals surface area contributed by atoms with Gasteiger partial charge in [0.2, 0.25) is 0 Å². The van der Waals surface area contributed by atoms with Gasteiger partial charge < -0.3 is 15.0 Å². The van der Waals surface area contributed by atoms with Gasteiger partial charge in [-0.15, -0.1) is 0 Å². The second kappa shape index (κ2) is 9.39. The molecular formula is C25H18MnN5-. The Balaban J connectivity index is 0.000000288. The fourth-order valence-corrected chi connectivity index (χ4v) is 3.22. The third-order valence-corrected chi connectivity index (χ3v) is 4.56. The zero-order chi connectivity index (χ0) is 20.2. The minimum absolute atomic E-state index is 0. The first-order valence-corrected chi connectivity index (χ1v) is 9.62. The van der Waals surface area contributed by atoms with E-state index in [4.69, 9.17) is 0 Å². The summed E-state index contributed by atoms with van der Waals surface area (Å²) in [5.41, 5.74) is 7.86. The van der Waals surface area contributed by atoms with Crippen LogP contribution >= 0.6 is 0 Å². The summed E-state index contributed by atoms with van der Waals surface area (Å²) in [6, 6.07) is 21.9. The minimum Gasteiger partial charge on any atom is -0.394 e.